The molecule has 1 aliphatic heterocycles. The number of nitrogens with one attached hydrogen (secondary N) is 1. The van der Waals surface area contributed by atoms with Gasteiger partial charge in [0.05, 0.1) is 0 Å². The van der Waals surface area contributed by atoms with Gasteiger partial charge in [0.25, 0.3) is 0 Å². The predicted octanol–water partition coefficient (Wildman–Crippen LogP) is 3.52. The highest BCUT2D eigenvalue weighted by molar-refractivity contribution is 5.55. The third kappa shape index (κ3) is 1.92. The van der Waals surface area contributed by atoms with Crippen LogP contribution in [0.2, 0.25) is 0 Å². The van der Waals surface area contributed by atoms with Gasteiger partial charge in [0, 0.05) is 11.2 Å². The largest absolute Gasteiger partial charge is 0.380 e. The van der Waals surface area contributed by atoms with Crippen LogP contribution in [0.15, 0.2) is 18.2 Å². The molecule has 0 aromatic heterocycles. The number of benzene rings is 1. The molecule has 0 saturated heterocycles. The van der Waals surface area contributed by atoms with Crippen molar-refractivity contribution in [2.75, 3.05) is 5.32 Å². The monoisotopic (exact) mass is 189 g/mol. The van der Waals surface area contributed by atoms with Crippen LogP contribution in [-0.2, 0) is 6.42 Å². The molecule has 0 saturated carbocycles. The minimum absolute atomic E-state index is 0.249. The summed E-state index contributed by atoms with van der Waals surface area (Å²) in [6, 6.07) is 6.74. The van der Waals surface area contributed by atoms with Gasteiger partial charge in [-0.3, -0.25) is 0 Å². The van der Waals surface area contributed by atoms with Gasteiger partial charge in [0.15, 0.2) is 0 Å². The van der Waals surface area contributed by atoms with Crippen molar-refractivity contribution in [3.8, 4) is 0 Å². The molecule has 0 aliphatic carbocycles. The van der Waals surface area contributed by atoms with Crippen molar-refractivity contribution in [2.24, 2.45) is 0 Å². The highest BCUT2D eigenvalue weighted by Gasteiger charge is 2.21. The zero-order chi connectivity index (χ0) is 10.2. The molecule has 1 nitrogen and oxygen atoms in total. The van der Waals surface area contributed by atoms with E-state index in [-0.39, 0.29) is 5.54 Å². The third-order valence-corrected chi connectivity index (χ3v) is 2.99. The molecule has 14 heavy (non-hydrogen) atoms. The van der Waals surface area contributed by atoms with Gasteiger partial charge >= 0.3 is 0 Å². The lowest BCUT2D eigenvalue weighted by Crippen LogP contribution is -2.29. The normalized spacial score (nSPS) is 19.4. The van der Waals surface area contributed by atoms with Crippen LogP contribution in [0.4, 0.5) is 5.69 Å². The lowest BCUT2D eigenvalue weighted by atomic mass is 9.99. The first-order valence-corrected chi connectivity index (χ1v) is 5.45. The van der Waals surface area contributed by atoms with E-state index in [1.807, 2.05) is 0 Å². The van der Waals surface area contributed by atoms with E-state index >= 15 is 0 Å². The van der Waals surface area contributed by atoms with Crippen molar-refractivity contribution in [2.45, 2.75) is 45.6 Å². The van der Waals surface area contributed by atoms with Gasteiger partial charge in [-0.05, 0) is 57.2 Å². The van der Waals surface area contributed by atoms with Gasteiger partial charge in [0.1, 0.15) is 0 Å². The Morgan fingerprint density at radius 1 is 1.29 bits per heavy atom. The molecule has 76 valence electrons. The van der Waals surface area contributed by atoms with Crippen LogP contribution in [-0.4, -0.2) is 5.54 Å². The fourth-order valence-electron chi connectivity index (χ4n) is 2.17. The zero-order valence-electron chi connectivity index (χ0n) is 9.35. The quantitative estimate of drug-likeness (QED) is 0.658. The first-order chi connectivity index (χ1) is 6.57. The molecule has 1 aromatic carbocycles. The van der Waals surface area contributed by atoms with Crippen molar-refractivity contribution in [3.05, 3.63) is 29.3 Å². The summed E-state index contributed by atoms with van der Waals surface area (Å²) >= 11 is 0. The van der Waals surface area contributed by atoms with E-state index in [1.165, 1.54) is 36.1 Å². The maximum Gasteiger partial charge on any atom is 0.0379 e. The van der Waals surface area contributed by atoms with E-state index in [2.05, 4.69) is 44.3 Å². The number of hydrogen-bond acceptors (Lipinski definition) is 1. The average molecular weight is 189 g/mol. The summed E-state index contributed by atoms with van der Waals surface area (Å²) in [5.74, 6) is 0. The minimum Gasteiger partial charge on any atom is -0.380 e. The van der Waals surface area contributed by atoms with Gasteiger partial charge in [-0.25, -0.2) is 0 Å². The number of aryl methyl sites for hydroxylation is 2. The molecule has 0 unspecified atom stereocenters. The predicted molar refractivity (Wildman–Crippen MR) is 61.8 cm³/mol. The molecule has 2 rings (SSSR count). The van der Waals surface area contributed by atoms with E-state index in [4.69, 9.17) is 0 Å². The van der Waals surface area contributed by atoms with Gasteiger partial charge in [-0.1, -0.05) is 12.1 Å². The van der Waals surface area contributed by atoms with Crippen LogP contribution in [0.1, 0.15) is 37.8 Å². The number of fused-ring (bicyclic) bond motifs is 1. The van der Waals surface area contributed by atoms with Gasteiger partial charge < -0.3 is 5.32 Å². The summed E-state index contributed by atoms with van der Waals surface area (Å²) in [6.45, 7) is 6.72. The van der Waals surface area contributed by atoms with E-state index in [9.17, 15) is 0 Å². The lowest BCUT2D eigenvalue weighted by Gasteiger charge is -2.25. The summed E-state index contributed by atoms with van der Waals surface area (Å²) < 4.78 is 0. The first-order valence-electron chi connectivity index (χ1n) is 5.45. The summed E-state index contributed by atoms with van der Waals surface area (Å²) in [5, 5.41) is 3.64. The fourth-order valence-corrected chi connectivity index (χ4v) is 2.17. The highest BCUT2D eigenvalue weighted by atomic mass is 15.0. The van der Waals surface area contributed by atoms with Gasteiger partial charge in [0.2, 0.25) is 0 Å². The Balaban J connectivity index is 2.38. The van der Waals surface area contributed by atoms with Crippen molar-refractivity contribution >= 4 is 5.69 Å². The van der Waals surface area contributed by atoms with Gasteiger partial charge in [-0.2, -0.15) is 0 Å². The number of rotatable bonds is 0. The second-order valence-electron chi connectivity index (χ2n) is 5.02. The van der Waals surface area contributed by atoms with Crippen LogP contribution >= 0.6 is 0 Å². The molecule has 1 aliphatic rings. The standard InChI is InChI=1S/C13H19N/c1-10-6-7-11-5-4-8-13(2,3)14-12(11)9-10/h6-7,9,14H,4-5,8H2,1-3H3. The number of hydrogen-bond donors (Lipinski definition) is 1. The molecule has 0 amide bonds. The van der Waals surface area contributed by atoms with Crippen molar-refractivity contribution < 1.29 is 0 Å². The molecule has 1 heterocycles. The molecule has 0 atom stereocenters. The van der Waals surface area contributed by atoms with E-state index in [0.717, 1.165) is 0 Å². The lowest BCUT2D eigenvalue weighted by molar-refractivity contribution is 0.508. The second-order valence-corrected chi connectivity index (χ2v) is 5.02. The first kappa shape index (κ1) is 9.57. The molecule has 1 N–H and O–H groups in total. The molecule has 0 radical (unpaired) electrons. The Morgan fingerprint density at radius 2 is 2.07 bits per heavy atom. The number of anilines is 1. The maximum atomic E-state index is 3.64. The molecule has 1 aromatic rings. The molecule has 0 fully saturated rings. The molecule has 0 bridgehead atoms. The van der Waals surface area contributed by atoms with Crippen LogP contribution in [0.3, 0.4) is 0 Å². The van der Waals surface area contributed by atoms with Crippen LogP contribution in [0, 0.1) is 6.92 Å². The molecule has 0 spiro atoms. The topological polar surface area (TPSA) is 12.0 Å². The van der Waals surface area contributed by atoms with Crippen molar-refractivity contribution in [1.82, 2.24) is 0 Å². The molecular weight excluding hydrogens is 170 g/mol. The van der Waals surface area contributed by atoms with E-state index in [0.29, 0.717) is 0 Å². The summed E-state index contributed by atoms with van der Waals surface area (Å²) in [4.78, 5) is 0. The molecular formula is C13H19N. The van der Waals surface area contributed by atoms with E-state index < -0.39 is 0 Å². The SMILES string of the molecule is Cc1ccc2c(c1)NC(C)(C)CCC2. The van der Waals surface area contributed by atoms with Crippen LogP contribution in [0.5, 0.6) is 0 Å². The van der Waals surface area contributed by atoms with E-state index in [1.54, 1.807) is 0 Å². The Morgan fingerprint density at radius 3 is 2.86 bits per heavy atom. The van der Waals surface area contributed by atoms with Crippen LogP contribution in [0.25, 0.3) is 0 Å². The fraction of sp³-hybridized carbons (Fsp3) is 0.538. The Kier molecular flexibility index (Phi) is 2.26. The maximum absolute atomic E-state index is 3.64. The Labute approximate surface area is 86.5 Å². The summed E-state index contributed by atoms with van der Waals surface area (Å²) in [6.07, 6.45) is 3.75. The van der Waals surface area contributed by atoms with Crippen LogP contribution < -0.4 is 5.32 Å². The Hall–Kier alpha value is -0.980. The van der Waals surface area contributed by atoms with Crippen molar-refractivity contribution in [1.29, 1.82) is 0 Å². The Bertz CT molecular complexity index is 339. The smallest absolute Gasteiger partial charge is 0.0379 e. The van der Waals surface area contributed by atoms with Gasteiger partial charge in [-0.15, -0.1) is 0 Å². The minimum atomic E-state index is 0.249. The zero-order valence-corrected chi connectivity index (χ0v) is 9.35. The van der Waals surface area contributed by atoms with Crippen molar-refractivity contribution in [3.63, 3.8) is 0 Å². The summed E-state index contributed by atoms with van der Waals surface area (Å²) in [7, 11) is 0. The second kappa shape index (κ2) is 3.30. The third-order valence-electron chi connectivity index (χ3n) is 2.99. The molecule has 1 heteroatoms. The summed E-state index contributed by atoms with van der Waals surface area (Å²) in [5.41, 5.74) is 4.40. The highest BCUT2D eigenvalue weighted by Crippen LogP contribution is 2.29. The average Bonchev–Trinajstić information content (AvgIpc) is 2.21.